The molecule has 0 saturated heterocycles. The summed E-state index contributed by atoms with van der Waals surface area (Å²) >= 11 is 5.82. The summed E-state index contributed by atoms with van der Waals surface area (Å²) in [4.78, 5) is 24.5. The van der Waals surface area contributed by atoms with Crippen molar-refractivity contribution >= 4 is 17.5 Å². The first kappa shape index (κ1) is 17.8. The molecule has 0 fully saturated rings. The number of carbonyl (C=O) groups excluding carboxylic acids is 1. The number of carbonyl (C=O) groups is 1. The van der Waals surface area contributed by atoms with E-state index in [2.05, 4.69) is 10.4 Å². The first-order chi connectivity index (χ1) is 12.5. The largest absolute Gasteiger partial charge is 0.346 e. The third kappa shape index (κ3) is 3.81. The van der Waals surface area contributed by atoms with Gasteiger partial charge in [-0.15, -0.1) is 0 Å². The fraction of sp³-hybridized carbons (Fsp3) is 0.105. The summed E-state index contributed by atoms with van der Waals surface area (Å²) < 4.78 is 15.3. The van der Waals surface area contributed by atoms with Crippen LogP contribution >= 0.6 is 11.6 Å². The van der Waals surface area contributed by atoms with Crippen molar-refractivity contribution in [1.82, 2.24) is 15.1 Å². The van der Waals surface area contributed by atoms with Crippen LogP contribution in [0, 0.1) is 12.7 Å². The number of rotatable bonds is 4. The summed E-state index contributed by atoms with van der Waals surface area (Å²) in [5, 5.41) is 7.29. The minimum absolute atomic E-state index is 0.164. The van der Waals surface area contributed by atoms with Crippen LogP contribution in [0.25, 0.3) is 5.69 Å². The van der Waals surface area contributed by atoms with Crippen LogP contribution < -0.4 is 10.7 Å². The standard InChI is InChI=1S/C19H15ClFN3O2/c1-12-10-17(25)18(23-24(12)16-5-3-2-4-15(16)21)19(26)22-11-13-6-8-14(20)9-7-13/h2-10H,11H2,1H3,(H,22,26). The second kappa shape index (κ2) is 7.49. The molecule has 0 unspecified atom stereocenters. The van der Waals surface area contributed by atoms with Gasteiger partial charge in [0.05, 0.1) is 0 Å². The lowest BCUT2D eigenvalue weighted by atomic mass is 10.2. The van der Waals surface area contributed by atoms with Crippen LogP contribution in [0.1, 0.15) is 21.7 Å². The molecule has 26 heavy (non-hydrogen) atoms. The molecule has 3 rings (SSSR count). The van der Waals surface area contributed by atoms with E-state index < -0.39 is 17.2 Å². The molecule has 1 N–H and O–H groups in total. The van der Waals surface area contributed by atoms with Crippen molar-refractivity contribution in [2.24, 2.45) is 0 Å². The van der Waals surface area contributed by atoms with E-state index in [4.69, 9.17) is 11.6 Å². The number of hydrogen-bond donors (Lipinski definition) is 1. The highest BCUT2D eigenvalue weighted by Gasteiger charge is 2.16. The predicted octanol–water partition coefficient (Wildman–Crippen LogP) is 3.26. The quantitative estimate of drug-likeness (QED) is 0.765. The van der Waals surface area contributed by atoms with Gasteiger partial charge in [0.1, 0.15) is 11.5 Å². The van der Waals surface area contributed by atoms with E-state index in [-0.39, 0.29) is 17.9 Å². The second-order valence-electron chi connectivity index (χ2n) is 5.67. The highest BCUT2D eigenvalue weighted by molar-refractivity contribution is 6.30. The van der Waals surface area contributed by atoms with Gasteiger partial charge in [0.15, 0.2) is 5.69 Å². The zero-order chi connectivity index (χ0) is 18.7. The third-order valence-corrected chi connectivity index (χ3v) is 4.02. The molecule has 0 saturated carbocycles. The van der Waals surface area contributed by atoms with Crippen LogP contribution in [0.15, 0.2) is 59.4 Å². The first-order valence-corrected chi connectivity index (χ1v) is 8.22. The third-order valence-electron chi connectivity index (χ3n) is 3.77. The summed E-state index contributed by atoms with van der Waals surface area (Å²) in [6.45, 7) is 1.83. The number of para-hydroxylation sites is 1. The molecule has 1 aromatic heterocycles. The number of hydrogen-bond acceptors (Lipinski definition) is 3. The predicted molar refractivity (Wildman–Crippen MR) is 97.2 cm³/mol. The van der Waals surface area contributed by atoms with Crippen LogP contribution in [0.2, 0.25) is 5.02 Å². The fourth-order valence-corrected chi connectivity index (χ4v) is 2.57. The van der Waals surface area contributed by atoms with Crippen LogP contribution in [0.5, 0.6) is 0 Å². The molecule has 3 aromatic rings. The second-order valence-corrected chi connectivity index (χ2v) is 6.11. The Balaban J connectivity index is 1.88. The normalized spacial score (nSPS) is 10.6. The van der Waals surface area contributed by atoms with Crippen molar-refractivity contribution in [3.63, 3.8) is 0 Å². The van der Waals surface area contributed by atoms with Gasteiger partial charge in [0.2, 0.25) is 5.43 Å². The van der Waals surface area contributed by atoms with E-state index >= 15 is 0 Å². The van der Waals surface area contributed by atoms with Gasteiger partial charge in [-0.1, -0.05) is 35.9 Å². The van der Waals surface area contributed by atoms with Gasteiger partial charge in [-0.05, 0) is 36.8 Å². The van der Waals surface area contributed by atoms with Crippen LogP contribution in [-0.4, -0.2) is 15.7 Å². The van der Waals surface area contributed by atoms with Crippen LogP contribution in [-0.2, 0) is 6.54 Å². The fourth-order valence-electron chi connectivity index (χ4n) is 2.44. The molecule has 132 valence electrons. The summed E-state index contributed by atoms with van der Waals surface area (Å²) in [6, 6.07) is 14.2. The van der Waals surface area contributed by atoms with Gasteiger partial charge in [0, 0.05) is 23.3 Å². The van der Waals surface area contributed by atoms with Crippen LogP contribution in [0.4, 0.5) is 4.39 Å². The zero-order valence-corrected chi connectivity index (χ0v) is 14.6. The van der Waals surface area contributed by atoms with E-state index in [0.29, 0.717) is 10.7 Å². The van der Waals surface area contributed by atoms with Gasteiger partial charge in [-0.25, -0.2) is 9.07 Å². The molecule has 5 nitrogen and oxygen atoms in total. The molecule has 0 radical (unpaired) electrons. The highest BCUT2D eigenvalue weighted by atomic mass is 35.5. The Hall–Kier alpha value is -2.99. The Bertz CT molecular complexity index is 1020. The Labute approximate surface area is 154 Å². The van der Waals surface area contributed by atoms with Crippen molar-refractivity contribution < 1.29 is 9.18 Å². The minimum atomic E-state index is -0.630. The average molecular weight is 372 g/mol. The Kier molecular flexibility index (Phi) is 5.14. The Morgan fingerprint density at radius 1 is 1.19 bits per heavy atom. The maximum absolute atomic E-state index is 14.0. The number of aromatic nitrogens is 2. The molecule has 2 aromatic carbocycles. The van der Waals surface area contributed by atoms with Crippen molar-refractivity contribution in [2.75, 3.05) is 0 Å². The molecule has 0 spiro atoms. The van der Waals surface area contributed by atoms with Gasteiger partial charge in [0.25, 0.3) is 5.91 Å². The van der Waals surface area contributed by atoms with Gasteiger partial charge in [-0.2, -0.15) is 5.10 Å². The van der Waals surface area contributed by atoms with Gasteiger partial charge >= 0.3 is 0 Å². The first-order valence-electron chi connectivity index (χ1n) is 7.84. The molecule has 1 heterocycles. The molecular weight excluding hydrogens is 357 g/mol. The van der Waals surface area contributed by atoms with E-state index in [9.17, 15) is 14.0 Å². The summed E-state index contributed by atoms with van der Waals surface area (Å²) in [6.07, 6.45) is 0. The Morgan fingerprint density at radius 3 is 2.58 bits per heavy atom. The summed E-state index contributed by atoms with van der Waals surface area (Å²) in [5.74, 6) is -1.13. The molecule has 1 amide bonds. The summed E-state index contributed by atoms with van der Waals surface area (Å²) in [7, 11) is 0. The minimum Gasteiger partial charge on any atom is -0.346 e. The topological polar surface area (TPSA) is 64.0 Å². The van der Waals surface area contributed by atoms with Crippen molar-refractivity contribution in [3.05, 3.63) is 92.6 Å². The lowest BCUT2D eigenvalue weighted by Gasteiger charge is -2.12. The number of benzene rings is 2. The van der Waals surface area contributed by atoms with Gasteiger partial charge in [-0.3, -0.25) is 9.59 Å². The molecule has 7 heteroatoms. The lowest BCUT2D eigenvalue weighted by Crippen LogP contribution is -2.31. The number of amides is 1. The number of halogens is 2. The maximum atomic E-state index is 14.0. The Morgan fingerprint density at radius 2 is 1.88 bits per heavy atom. The molecule has 0 bridgehead atoms. The smallest absolute Gasteiger partial charge is 0.276 e. The maximum Gasteiger partial charge on any atom is 0.276 e. The number of aryl methyl sites for hydroxylation is 1. The van der Waals surface area contributed by atoms with E-state index in [0.717, 1.165) is 5.56 Å². The van der Waals surface area contributed by atoms with E-state index in [1.54, 1.807) is 43.3 Å². The lowest BCUT2D eigenvalue weighted by molar-refractivity contribution is 0.0943. The molecule has 0 aliphatic rings. The monoisotopic (exact) mass is 371 g/mol. The molecule has 0 aliphatic carbocycles. The van der Waals surface area contributed by atoms with E-state index in [1.807, 2.05) is 0 Å². The SMILES string of the molecule is Cc1cc(=O)c(C(=O)NCc2ccc(Cl)cc2)nn1-c1ccccc1F. The summed E-state index contributed by atoms with van der Waals surface area (Å²) in [5.41, 5.74) is 0.590. The molecule has 0 aliphatic heterocycles. The molecule has 0 atom stereocenters. The van der Waals surface area contributed by atoms with Crippen LogP contribution in [0.3, 0.4) is 0 Å². The van der Waals surface area contributed by atoms with Crippen molar-refractivity contribution in [3.8, 4) is 5.69 Å². The number of nitrogens with zero attached hydrogens (tertiary/aromatic N) is 2. The molecular formula is C19H15ClFN3O2. The highest BCUT2D eigenvalue weighted by Crippen LogP contribution is 2.13. The number of nitrogens with one attached hydrogen (secondary N) is 1. The zero-order valence-electron chi connectivity index (χ0n) is 13.9. The van der Waals surface area contributed by atoms with Crippen molar-refractivity contribution in [2.45, 2.75) is 13.5 Å². The average Bonchev–Trinajstić information content (AvgIpc) is 2.62. The van der Waals surface area contributed by atoms with Crippen molar-refractivity contribution in [1.29, 1.82) is 0 Å². The van der Waals surface area contributed by atoms with Gasteiger partial charge < -0.3 is 5.32 Å². The van der Waals surface area contributed by atoms with E-state index in [1.165, 1.54) is 22.9 Å².